The minimum Gasteiger partial charge on any atom is -0.495 e. The molecule has 0 bridgehead atoms. The van der Waals surface area contributed by atoms with Gasteiger partial charge in [0.2, 0.25) is 0 Å². The van der Waals surface area contributed by atoms with Gasteiger partial charge in [-0.2, -0.15) is 0 Å². The van der Waals surface area contributed by atoms with Crippen LogP contribution in [-0.4, -0.2) is 76.6 Å². The Labute approximate surface area is 155 Å². The molecule has 2 aliphatic heterocycles. The van der Waals surface area contributed by atoms with Crippen LogP contribution < -0.4 is 20.3 Å². The lowest BCUT2D eigenvalue weighted by Gasteiger charge is -2.36. The van der Waals surface area contributed by atoms with Crippen molar-refractivity contribution < 1.29 is 14.3 Å². The zero-order valence-corrected chi connectivity index (χ0v) is 15.6. The van der Waals surface area contributed by atoms with E-state index in [1.54, 1.807) is 7.11 Å². The van der Waals surface area contributed by atoms with Crippen LogP contribution in [0.2, 0.25) is 0 Å². The molecule has 0 saturated carbocycles. The monoisotopic (exact) mass is 362 g/mol. The molecule has 1 aromatic carbocycles. The number of methoxy groups -OCH3 is 1. The number of amides is 2. The van der Waals surface area contributed by atoms with Crippen LogP contribution in [0.3, 0.4) is 0 Å². The van der Waals surface area contributed by atoms with E-state index in [9.17, 15) is 4.79 Å². The fourth-order valence-corrected chi connectivity index (χ4v) is 3.51. The molecule has 0 aliphatic carbocycles. The fourth-order valence-electron chi connectivity index (χ4n) is 3.51. The Morgan fingerprint density at radius 1 is 1.23 bits per heavy atom. The summed E-state index contributed by atoms with van der Waals surface area (Å²) in [7, 11) is 1.71. The number of urea groups is 1. The number of anilines is 1. The quantitative estimate of drug-likeness (QED) is 0.765. The molecule has 3 rings (SSSR count). The molecule has 0 unspecified atom stereocenters. The highest BCUT2D eigenvalue weighted by Crippen LogP contribution is 2.28. The van der Waals surface area contributed by atoms with Gasteiger partial charge in [0.1, 0.15) is 5.75 Å². The molecule has 2 fully saturated rings. The molecular weight excluding hydrogens is 332 g/mol. The highest BCUT2D eigenvalue weighted by molar-refractivity contribution is 5.73. The molecule has 26 heavy (non-hydrogen) atoms. The largest absolute Gasteiger partial charge is 0.495 e. The summed E-state index contributed by atoms with van der Waals surface area (Å²) < 4.78 is 11.0. The minimum atomic E-state index is -0.104. The third-order valence-electron chi connectivity index (χ3n) is 5.03. The topological polar surface area (TPSA) is 66.1 Å². The second-order valence-corrected chi connectivity index (χ2v) is 6.77. The van der Waals surface area contributed by atoms with E-state index < -0.39 is 0 Å². The molecule has 7 heteroatoms. The van der Waals surface area contributed by atoms with Gasteiger partial charge in [0.15, 0.2) is 0 Å². The summed E-state index contributed by atoms with van der Waals surface area (Å²) in [6.07, 6.45) is 2.31. The summed E-state index contributed by atoms with van der Waals surface area (Å²) in [4.78, 5) is 16.6. The highest BCUT2D eigenvalue weighted by Gasteiger charge is 2.19. The summed E-state index contributed by atoms with van der Waals surface area (Å²) in [5.41, 5.74) is 1.15. The molecule has 144 valence electrons. The van der Waals surface area contributed by atoms with Gasteiger partial charge in [0.25, 0.3) is 0 Å². The second kappa shape index (κ2) is 9.64. The molecule has 0 aromatic heterocycles. The number of nitrogens with zero attached hydrogens (tertiary/aromatic N) is 2. The molecule has 2 saturated heterocycles. The second-order valence-electron chi connectivity index (χ2n) is 6.77. The molecule has 1 atom stereocenters. The van der Waals surface area contributed by atoms with Crippen molar-refractivity contribution >= 4 is 11.7 Å². The Kier molecular flexibility index (Phi) is 6.96. The number of benzene rings is 1. The van der Waals surface area contributed by atoms with Gasteiger partial charge < -0.3 is 25.0 Å². The first kappa shape index (κ1) is 18.8. The van der Waals surface area contributed by atoms with Crippen molar-refractivity contribution in [3.63, 3.8) is 0 Å². The molecule has 2 N–H and O–H groups in total. The number of carbonyl (C=O) groups excluding carboxylic acids is 1. The number of piperazine rings is 1. The summed E-state index contributed by atoms with van der Waals surface area (Å²) in [6.45, 7) is 6.84. The molecule has 2 aliphatic rings. The van der Waals surface area contributed by atoms with E-state index in [0.717, 1.165) is 63.6 Å². The van der Waals surface area contributed by atoms with Gasteiger partial charge in [-0.25, -0.2) is 4.79 Å². The van der Waals surface area contributed by atoms with Crippen LogP contribution in [0.4, 0.5) is 10.5 Å². The Morgan fingerprint density at radius 2 is 2.04 bits per heavy atom. The van der Waals surface area contributed by atoms with E-state index in [4.69, 9.17) is 9.47 Å². The Balaban J connectivity index is 1.32. The zero-order chi connectivity index (χ0) is 18.2. The SMILES string of the molecule is COc1ccccc1N1CCN(CCNC(=O)NC[C@H]2CCCO2)CC1. The summed E-state index contributed by atoms with van der Waals surface area (Å²) in [5.74, 6) is 0.922. The van der Waals surface area contributed by atoms with E-state index >= 15 is 0 Å². The predicted octanol–water partition coefficient (Wildman–Crippen LogP) is 1.30. The van der Waals surface area contributed by atoms with Crippen LogP contribution in [0.25, 0.3) is 0 Å². The van der Waals surface area contributed by atoms with Gasteiger partial charge in [0.05, 0.1) is 18.9 Å². The molecule has 0 spiro atoms. The van der Waals surface area contributed by atoms with Crippen molar-refractivity contribution in [2.75, 3.05) is 64.4 Å². The highest BCUT2D eigenvalue weighted by atomic mass is 16.5. The summed E-state index contributed by atoms with van der Waals surface area (Å²) in [6, 6.07) is 8.04. The van der Waals surface area contributed by atoms with E-state index in [1.807, 2.05) is 18.2 Å². The van der Waals surface area contributed by atoms with Gasteiger partial charge in [0, 0.05) is 52.4 Å². The number of hydrogen-bond acceptors (Lipinski definition) is 5. The smallest absolute Gasteiger partial charge is 0.314 e. The van der Waals surface area contributed by atoms with E-state index in [-0.39, 0.29) is 12.1 Å². The average molecular weight is 362 g/mol. The van der Waals surface area contributed by atoms with Crippen LogP contribution >= 0.6 is 0 Å². The van der Waals surface area contributed by atoms with Crippen molar-refractivity contribution in [3.8, 4) is 5.75 Å². The molecule has 0 radical (unpaired) electrons. The lowest BCUT2D eigenvalue weighted by Crippen LogP contribution is -2.49. The number of nitrogens with one attached hydrogen (secondary N) is 2. The van der Waals surface area contributed by atoms with E-state index in [2.05, 4.69) is 26.5 Å². The summed E-state index contributed by atoms with van der Waals surface area (Å²) in [5, 5.41) is 5.82. The average Bonchev–Trinajstić information content (AvgIpc) is 3.20. The zero-order valence-electron chi connectivity index (χ0n) is 15.6. The van der Waals surface area contributed by atoms with Gasteiger partial charge in [-0.3, -0.25) is 4.90 Å². The first-order valence-electron chi connectivity index (χ1n) is 9.50. The van der Waals surface area contributed by atoms with Crippen molar-refractivity contribution in [1.29, 1.82) is 0 Å². The van der Waals surface area contributed by atoms with Crippen LogP contribution in [-0.2, 0) is 4.74 Å². The molecule has 1 aromatic rings. The molecule has 7 nitrogen and oxygen atoms in total. The van der Waals surface area contributed by atoms with Crippen molar-refractivity contribution in [3.05, 3.63) is 24.3 Å². The maximum absolute atomic E-state index is 11.8. The molecular formula is C19H30N4O3. The normalized spacial score (nSPS) is 20.8. The van der Waals surface area contributed by atoms with Crippen molar-refractivity contribution in [2.45, 2.75) is 18.9 Å². The van der Waals surface area contributed by atoms with Crippen LogP contribution in [0.1, 0.15) is 12.8 Å². The number of ether oxygens (including phenoxy) is 2. The fraction of sp³-hybridized carbons (Fsp3) is 0.632. The number of carbonyl (C=O) groups is 1. The number of rotatable bonds is 7. The first-order valence-corrected chi connectivity index (χ1v) is 9.50. The minimum absolute atomic E-state index is 0.104. The van der Waals surface area contributed by atoms with Crippen LogP contribution in [0.15, 0.2) is 24.3 Å². The summed E-state index contributed by atoms with van der Waals surface area (Å²) >= 11 is 0. The third-order valence-corrected chi connectivity index (χ3v) is 5.03. The molecule has 2 amide bonds. The number of hydrogen-bond donors (Lipinski definition) is 2. The standard InChI is InChI=1S/C19H30N4O3/c1-25-18-7-3-2-6-17(18)23-12-10-22(11-13-23)9-8-20-19(24)21-15-16-5-4-14-26-16/h2-3,6-7,16H,4-5,8-15H2,1H3,(H2,20,21,24)/t16-/m1/s1. The number of para-hydroxylation sites is 2. The first-order chi connectivity index (χ1) is 12.8. The van der Waals surface area contributed by atoms with Crippen molar-refractivity contribution in [1.82, 2.24) is 15.5 Å². The lowest BCUT2D eigenvalue weighted by molar-refractivity contribution is 0.111. The predicted molar refractivity (Wildman–Crippen MR) is 102 cm³/mol. The van der Waals surface area contributed by atoms with Gasteiger partial charge >= 0.3 is 6.03 Å². The Hall–Kier alpha value is -1.99. The Bertz CT molecular complexity index is 570. The van der Waals surface area contributed by atoms with Crippen LogP contribution in [0, 0.1) is 0 Å². The van der Waals surface area contributed by atoms with E-state index in [0.29, 0.717) is 13.1 Å². The Morgan fingerprint density at radius 3 is 2.77 bits per heavy atom. The van der Waals surface area contributed by atoms with Crippen molar-refractivity contribution in [2.24, 2.45) is 0 Å². The van der Waals surface area contributed by atoms with Gasteiger partial charge in [-0.15, -0.1) is 0 Å². The lowest BCUT2D eigenvalue weighted by atomic mass is 10.2. The maximum atomic E-state index is 11.8. The maximum Gasteiger partial charge on any atom is 0.314 e. The van der Waals surface area contributed by atoms with Gasteiger partial charge in [-0.1, -0.05) is 12.1 Å². The van der Waals surface area contributed by atoms with E-state index in [1.165, 1.54) is 0 Å². The third kappa shape index (κ3) is 5.25. The van der Waals surface area contributed by atoms with Crippen LogP contribution in [0.5, 0.6) is 5.75 Å². The van der Waals surface area contributed by atoms with Gasteiger partial charge in [-0.05, 0) is 25.0 Å². The molecule has 2 heterocycles.